The zero-order valence-electron chi connectivity index (χ0n) is 20.5. The molecule has 0 bridgehead atoms. The standard InChI is InChI=1S/C28H28N2O6/c1-29(21-9-5-4-6-10-21)27(32)22-11-7-8-12-23(22)28(33)36-18-26(31)30-14-13-19-15-24(34-2)25(35-3)16-20(19)17-30/h4-12,15-16H,13-14,17-18H2,1-3H3. The number of carbonyl (C=O) groups is 3. The number of amides is 2. The maximum Gasteiger partial charge on any atom is 0.339 e. The van der Waals surface area contributed by atoms with E-state index in [-0.39, 0.29) is 22.9 Å². The Morgan fingerprint density at radius 2 is 1.47 bits per heavy atom. The van der Waals surface area contributed by atoms with E-state index in [1.54, 1.807) is 56.5 Å². The zero-order valence-corrected chi connectivity index (χ0v) is 20.5. The lowest BCUT2D eigenvalue weighted by molar-refractivity contribution is -0.135. The molecule has 1 heterocycles. The van der Waals surface area contributed by atoms with Crippen LogP contribution in [0.3, 0.4) is 0 Å². The second-order valence-corrected chi connectivity index (χ2v) is 8.36. The molecular formula is C28H28N2O6. The maximum absolute atomic E-state index is 13.1. The number of hydrogen-bond donors (Lipinski definition) is 0. The Kier molecular flexibility index (Phi) is 7.53. The first-order chi connectivity index (χ1) is 17.4. The molecule has 1 aliphatic rings. The van der Waals surface area contributed by atoms with Gasteiger partial charge in [0.1, 0.15) is 0 Å². The first kappa shape index (κ1) is 24.8. The van der Waals surface area contributed by atoms with Crippen molar-refractivity contribution >= 4 is 23.5 Å². The van der Waals surface area contributed by atoms with Crippen molar-refractivity contribution in [2.75, 3.05) is 39.3 Å². The molecule has 3 aromatic rings. The van der Waals surface area contributed by atoms with Crippen LogP contribution in [0.1, 0.15) is 31.8 Å². The van der Waals surface area contributed by atoms with Gasteiger partial charge < -0.3 is 24.0 Å². The second kappa shape index (κ2) is 10.9. The summed E-state index contributed by atoms with van der Waals surface area (Å²) in [7, 11) is 4.79. The molecule has 186 valence electrons. The van der Waals surface area contributed by atoms with Gasteiger partial charge in [-0.3, -0.25) is 9.59 Å². The number of fused-ring (bicyclic) bond motifs is 1. The fourth-order valence-electron chi connectivity index (χ4n) is 4.19. The third-order valence-corrected chi connectivity index (χ3v) is 6.22. The van der Waals surface area contributed by atoms with Crippen LogP contribution >= 0.6 is 0 Å². The normalized spacial score (nSPS) is 12.4. The van der Waals surface area contributed by atoms with Crippen LogP contribution in [0.4, 0.5) is 5.69 Å². The van der Waals surface area contributed by atoms with Gasteiger partial charge in [0.2, 0.25) is 0 Å². The molecule has 0 aromatic heterocycles. The van der Waals surface area contributed by atoms with Gasteiger partial charge in [0.05, 0.1) is 25.3 Å². The van der Waals surface area contributed by atoms with E-state index in [1.807, 2.05) is 30.3 Å². The summed E-state index contributed by atoms with van der Waals surface area (Å²) in [5, 5.41) is 0. The minimum Gasteiger partial charge on any atom is -0.493 e. The van der Waals surface area contributed by atoms with Gasteiger partial charge in [-0.2, -0.15) is 0 Å². The number of rotatable bonds is 7. The van der Waals surface area contributed by atoms with Crippen LogP contribution in [-0.4, -0.2) is 57.1 Å². The number of benzene rings is 3. The van der Waals surface area contributed by atoms with E-state index in [0.29, 0.717) is 36.7 Å². The summed E-state index contributed by atoms with van der Waals surface area (Å²) in [6.45, 7) is 0.456. The lowest BCUT2D eigenvalue weighted by Crippen LogP contribution is -2.38. The monoisotopic (exact) mass is 488 g/mol. The summed E-state index contributed by atoms with van der Waals surface area (Å²) in [6.07, 6.45) is 0.651. The molecule has 8 heteroatoms. The highest BCUT2D eigenvalue weighted by molar-refractivity contribution is 6.12. The number of hydrogen-bond acceptors (Lipinski definition) is 6. The maximum atomic E-state index is 13.1. The summed E-state index contributed by atoms with van der Waals surface area (Å²) in [4.78, 5) is 41.9. The zero-order chi connectivity index (χ0) is 25.7. The Hall–Kier alpha value is -4.33. The fraction of sp³-hybridized carbons (Fsp3) is 0.250. The predicted octanol–water partition coefficient (Wildman–Crippen LogP) is 3.72. The van der Waals surface area contributed by atoms with Gasteiger partial charge in [-0.1, -0.05) is 30.3 Å². The number of carbonyl (C=O) groups excluding carboxylic acids is 3. The Bertz CT molecular complexity index is 1270. The van der Waals surface area contributed by atoms with E-state index in [4.69, 9.17) is 14.2 Å². The molecule has 8 nitrogen and oxygen atoms in total. The Morgan fingerprint density at radius 3 is 2.14 bits per heavy atom. The summed E-state index contributed by atoms with van der Waals surface area (Å²) in [6, 6.07) is 19.4. The minimum absolute atomic E-state index is 0.110. The molecule has 0 saturated heterocycles. The first-order valence-corrected chi connectivity index (χ1v) is 11.5. The largest absolute Gasteiger partial charge is 0.493 e. The van der Waals surface area contributed by atoms with Gasteiger partial charge in [-0.15, -0.1) is 0 Å². The van der Waals surface area contributed by atoms with Crippen LogP contribution in [0.15, 0.2) is 66.7 Å². The van der Waals surface area contributed by atoms with Crippen LogP contribution in [-0.2, 0) is 22.5 Å². The average Bonchev–Trinajstić information content (AvgIpc) is 2.94. The van der Waals surface area contributed by atoms with Crippen molar-refractivity contribution in [3.63, 3.8) is 0 Å². The Balaban J connectivity index is 1.42. The van der Waals surface area contributed by atoms with E-state index < -0.39 is 12.6 Å². The molecule has 0 fully saturated rings. The molecule has 0 N–H and O–H groups in total. The summed E-state index contributed by atoms with van der Waals surface area (Å²) >= 11 is 0. The molecule has 0 saturated carbocycles. The fourth-order valence-corrected chi connectivity index (χ4v) is 4.19. The van der Waals surface area contributed by atoms with Crippen molar-refractivity contribution in [1.82, 2.24) is 4.90 Å². The molecule has 0 aliphatic carbocycles. The third-order valence-electron chi connectivity index (χ3n) is 6.22. The number of para-hydroxylation sites is 1. The number of nitrogens with zero attached hydrogens (tertiary/aromatic N) is 2. The van der Waals surface area contributed by atoms with Gasteiger partial charge >= 0.3 is 5.97 Å². The van der Waals surface area contributed by atoms with Crippen LogP contribution in [0.25, 0.3) is 0 Å². The lowest BCUT2D eigenvalue weighted by atomic mass is 9.99. The smallest absolute Gasteiger partial charge is 0.339 e. The van der Waals surface area contributed by atoms with Crippen molar-refractivity contribution in [1.29, 1.82) is 0 Å². The second-order valence-electron chi connectivity index (χ2n) is 8.36. The first-order valence-electron chi connectivity index (χ1n) is 11.5. The molecule has 0 atom stereocenters. The van der Waals surface area contributed by atoms with E-state index in [2.05, 4.69) is 0 Å². The highest BCUT2D eigenvalue weighted by Crippen LogP contribution is 2.33. The predicted molar refractivity (Wildman–Crippen MR) is 135 cm³/mol. The van der Waals surface area contributed by atoms with Crippen molar-refractivity contribution in [3.05, 3.63) is 89.0 Å². The molecule has 0 unspecified atom stereocenters. The number of ether oxygens (including phenoxy) is 3. The Labute approximate surface area is 210 Å². The van der Waals surface area contributed by atoms with Crippen LogP contribution in [0.5, 0.6) is 11.5 Å². The lowest BCUT2D eigenvalue weighted by Gasteiger charge is -2.29. The van der Waals surface area contributed by atoms with Crippen LogP contribution in [0, 0.1) is 0 Å². The van der Waals surface area contributed by atoms with Gasteiger partial charge in [-0.05, 0) is 53.9 Å². The minimum atomic E-state index is -0.724. The number of anilines is 1. The average molecular weight is 489 g/mol. The van der Waals surface area contributed by atoms with Gasteiger partial charge in [0, 0.05) is 25.8 Å². The highest BCUT2D eigenvalue weighted by Gasteiger charge is 2.25. The van der Waals surface area contributed by atoms with E-state index in [1.165, 1.54) is 11.0 Å². The van der Waals surface area contributed by atoms with Crippen molar-refractivity contribution in [3.8, 4) is 11.5 Å². The molecule has 2 amide bonds. The van der Waals surface area contributed by atoms with Crippen molar-refractivity contribution < 1.29 is 28.6 Å². The van der Waals surface area contributed by atoms with E-state index in [0.717, 1.165) is 11.1 Å². The number of methoxy groups -OCH3 is 2. The number of esters is 1. The van der Waals surface area contributed by atoms with Gasteiger partial charge in [0.15, 0.2) is 18.1 Å². The van der Waals surface area contributed by atoms with Crippen LogP contribution < -0.4 is 14.4 Å². The van der Waals surface area contributed by atoms with Crippen molar-refractivity contribution in [2.45, 2.75) is 13.0 Å². The third kappa shape index (κ3) is 5.17. The molecule has 0 spiro atoms. The topological polar surface area (TPSA) is 85.4 Å². The molecule has 4 rings (SSSR count). The molecule has 3 aromatic carbocycles. The molecule has 1 aliphatic heterocycles. The molecule has 36 heavy (non-hydrogen) atoms. The quantitative estimate of drug-likeness (QED) is 0.471. The summed E-state index contributed by atoms with van der Waals surface area (Å²) < 4.78 is 16.1. The molecular weight excluding hydrogens is 460 g/mol. The summed E-state index contributed by atoms with van der Waals surface area (Å²) in [5.74, 6) is -0.140. The van der Waals surface area contributed by atoms with Crippen LogP contribution in [0.2, 0.25) is 0 Å². The highest BCUT2D eigenvalue weighted by atomic mass is 16.5. The SMILES string of the molecule is COc1cc2c(cc1OC)CN(C(=O)COC(=O)c1ccccc1C(=O)N(C)c1ccccc1)CC2. The van der Waals surface area contributed by atoms with E-state index in [9.17, 15) is 14.4 Å². The Morgan fingerprint density at radius 1 is 0.861 bits per heavy atom. The molecule has 0 radical (unpaired) electrons. The van der Waals surface area contributed by atoms with Gasteiger partial charge in [-0.25, -0.2) is 4.79 Å². The van der Waals surface area contributed by atoms with Crippen molar-refractivity contribution in [2.24, 2.45) is 0 Å². The summed E-state index contributed by atoms with van der Waals surface area (Å²) in [5.41, 5.74) is 3.05. The van der Waals surface area contributed by atoms with E-state index >= 15 is 0 Å². The van der Waals surface area contributed by atoms with Gasteiger partial charge in [0.25, 0.3) is 11.8 Å².